The molecular weight excluding hydrogens is 448 g/mol. The lowest BCUT2D eigenvalue weighted by Crippen LogP contribution is -2.21. The molecule has 0 aliphatic heterocycles. The molecule has 5 heteroatoms. The van der Waals surface area contributed by atoms with Crippen LogP contribution in [0.1, 0.15) is 50.7 Å². The molecule has 0 unspecified atom stereocenters. The number of rotatable bonds is 12. The van der Waals surface area contributed by atoms with E-state index in [1.165, 1.54) is 0 Å². The molecule has 4 aromatic rings. The van der Waals surface area contributed by atoms with E-state index in [0.717, 1.165) is 70.3 Å². The maximum Gasteiger partial charge on any atom is 0.303 e. The minimum absolute atomic E-state index is 0.208. The van der Waals surface area contributed by atoms with Gasteiger partial charge in [0.25, 0.3) is 0 Å². The second-order valence-corrected chi connectivity index (χ2v) is 8.84. The maximum atomic E-state index is 10.8. The van der Waals surface area contributed by atoms with E-state index in [1.807, 2.05) is 24.3 Å². The predicted molar refractivity (Wildman–Crippen MR) is 150 cm³/mol. The van der Waals surface area contributed by atoms with Crippen molar-refractivity contribution in [3.05, 3.63) is 77.9 Å². The highest BCUT2D eigenvalue weighted by atomic mass is 16.5. The maximum absolute atomic E-state index is 10.8. The third kappa shape index (κ3) is 6.03. The Balaban J connectivity index is 1.65. The molecule has 0 bridgehead atoms. The van der Waals surface area contributed by atoms with Gasteiger partial charge in [0.2, 0.25) is 0 Å². The van der Waals surface area contributed by atoms with Crippen LogP contribution in [-0.4, -0.2) is 35.8 Å². The van der Waals surface area contributed by atoms with Gasteiger partial charge >= 0.3 is 5.97 Å². The zero-order valence-corrected chi connectivity index (χ0v) is 21.1. The minimum Gasteiger partial charge on any atom is -0.493 e. The fraction of sp³-hybridized carbons (Fsp3) is 0.290. The highest BCUT2D eigenvalue weighted by molar-refractivity contribution is 6.04. The summed E-state index contributed by atoms with van der Waals surface area (Å²) in [7, 11) is 0. The van der Waals surface area contributed by atoms with Crippen molar-refractivity contribution < 1.29 is 14.6 Å². The number of ether oxygens (including phenoxy) is 1. The van der Waals surface area contributed by atoms with E-state index >= 15 is 0 Å². The molecule has 1 heterocycles. The van der Waals surface area contributed by atoms with Crippen LogP contribution in [0.5, 0.6) is 5.75 Å². The third-order valence-electron chi connectivity index (χ3n) is 6.48. The number of unbranched alkanes of at least 4 members (excludes halogenated alkanes) is 2. The molecule has 0 fully saturated rings. The number of hydrogen-bond donors (Lipinski definition) is 1. The molecule has 5 nitrogen and oxygen atoms in total. The number of para-hydroxylation sites is 2. The van der Waals surface area contributed by atoms with E-state index in [0.29, 0.717) is 13.0 Å². The standard InChI is InChI=1S/C31H34N2O3/c1-3-33(4-2)24-19-17-23(30(22-24)36-21-11-5-6-16-31(34)35)18-20-25-26-12-7-9-14-28(26)32-29-15-10-8-13-27(25)29/h7-10,12-15,17-20,22H,3-6,11,16,21H2,1-2H3,(H,34,35)/b20-18+. The molecule has 0 saturated heterocycles. The van der Waals surface area contributed by atoms with E-state index in [2.05, 4.69) is 73.4 Å². The highest BCUT2D eigenvalue weighted by Gasteiger charge is 2.10. The first kappa shape index (κ1) is 25.2. The fourth-order valence-electron chi connectivity index (χ4n) is 4.53. The molecule has 0 atom stereocenters. The van der Waals surface area contributed by atoms with Crippen molar-refractivity contribution in [2.24, 2.45) is 0 Å². The van der Waals surface area contributed by atoms with E-state index in [1.54, 1.807) is 0 Å². The Bertz CT molecular complexity index is 1300. The first-order valence-corrected chi connectivity index (χ1v) is 12.8. The monoisotopic (exact) mass is 482 g/mol. The second-order valence-electron chi connectivity index (χ2n) is 8.84. The zero-order valence-electron chi connectivity index (χ0n) is 21.1. The number of carbonyl (C=O) groups is 1. The van der Waals surface area contributed by atoms with Crippen molar-refractivity contribution in [2.45, 2.75) is 39.5 Å². The van der Waals surface area contributed by atoms with Crippen LogP contribution in [0.3, 0.4) is 0 Å². The van der Waals surface area contributed by atoms with Crippen LogP contribution in [-0.2, 0) is 4.79 Å². The SMILES string of the molecule is CCN(CC)c1ccc(/C=C/c2c3ccccc3nc3ccccc23)c(OCCCCCC(=O)O)c1. The Morgan fingerprint density at radius 3 is 2.19 bits per heavy atom. The van der Waals surface area contributed by atoms with E-state index < -0.39 is 5.97 Å². The Morgan fingerprint density at radius 2 is 1.56 bits per heavy atom. The molecule has 0 amide bonds. The quantitative estimate of drug-likeness (QED) is 0.168. The summed E-state index contributed by atoms with van der Waals surface area (Å²) < 4.78 is 6.25. The lowest BCUT2D eigenvalue weighted by atomic mass is 10.0. The average molecular weight is 483 g/mol. The molecule has 1 N–H and O–H groups in total. The number of pyridine rings is 1. The molecule has 0 saturated carbocycles. The number of carboxylic acid groups (broad SMARTS) is 1. The number of anilines is 1. The Morgan fingerprint density at radius 1 is 0.889 bits per heavy atom. The van der Waals surface area contributed by atoms with Crippen LogP contribution in [0, 0.1) is 0 Å². The number of hydrogen-bond acceptors (Lipinski definition) is 4. The summed E-state index contributed by atoms with van der Waals surface area (Å²) in [6.07, 6.45) is 6.83. The molecule has 0 aliphatic carbocycles. The van der Waals surface area contributed by atoms with Gasteiger partial charge in [-0.1, -0.05) is 48.6 Å². The van der Waals surface area contributed by atoms with Crippen LogP contribution in [0.2, 0.25) is 0 Å². The molecule has 0 aliphatic rings. The summed E-state index contributed by atoms with van der Waals surface area (Å²) in [6, 6.07) is 22.9. The average Bonchev–Trinajstić information content (AvgIpc) is 2.89. The normalized spacial score (nSPS) is 11.4. The summed E-state index contributed by atoms with van der Waals surface area (Å²) in [6.45, 7) is 6.72. The Hall–Kier alpha value is -3.86. The summed E-state index contributed by atoms with van der Waals surface area (Å²) >= 11 is 0. The Labute approximate surface area is 213 Å². The summed E-state index contributed by atoms with van der Waals surface area (Å²) in [5, 5.41) is 11.1. The van der Waals surface area contributed by atoms with Gasteiger partial charge in [-0.3, -0.25) is 4.79 Å². The molecule has 1 aromatic heterocycles. The van der Waals surface area contributed by atoms with Crippen molar-refractivity contribution in [3.8, 4) is 5.75 Å². The number of nitrogens with zero attached hydrogens (tertiary/aromatic N) is 2. The van der Waals surface area contributed by atoms with Gasteiger partial charge in [-0.15, -0.1) is 0 Å². The van der Waals surface area contributed by atoms with Gasteiger partial charge in [-0.2, -0.15) is 0 Å². The van der Waals surface area contributed by atoms with Crippen LogP contribution in [0.25, 0.3) is 34.0 Å². The summed E-state index contributed by atoms with van der Waals surface area (Å²) in [5.74, 6) is 0.1000. The van der Waals surface area contributed by atoms with Crippen molar-refractivity contribution in [1.29, 1.82) is 0 Å². The Kier molecular flexibility index (Phi) is 8.56. The van der Waals surface area contributed by atoms with Crippen molar-refractivity contribution in [1.82, 2.24) is 4.98 Å². The number of carboxylic acids is 1. The third-order valence-corrected chi connectivity index (χ3v) is 6.48. The largest absolute Gasteiger partial charge is 0.493 e. The van der Waals surface area contributed by atoms with Gasteiger partial charge in [0, 0.05) is 47.6 Å². The first-order valence-electron chi connectivity index (χ1n) is 12.8. The van der Waals surface area contributed by atoms with Gasteiger partial charge < -0.3 is 14.7 Å². The zero-order chi connectivity index (χ0) is 25.3. The second kappa shape index (κ2) is 12.2. The van der Waals surface area contributed by atoms with Gasteiger partial charge in [0.1, 0.15) is 5.75 Å². The minimum atomic E-state index is -0.744. The number of aliphatic carboxylic acids is 1. The number of benzene rings is 3. The molecule has 4 rings (SSSR count). The molecule has 0 radical (unpaired) electrons. The van der Waals surface area contributed by atoms with E-state index in [4.69, 9.17) is 14.8 Å². The fourth-order valence-corrected chi connectivity index (χ4v) is 4.53. The molecular formula is C31H34N2O3. The molecule has 36 heavy (non-hydrogen) atoms. The lowest BCUT2D eigenvalue weighted by Gasteiger charge is -2.22. The van der Waals surface area contributed by atoms with Gasteiger partial charge in [-0.05, 0) is 62.9 Å². The summed E-state index contributed by atoms with van der Waals surface area (Å²) in [5.41, 5.74) is 5.25. The van der Waals surface area contributed by atoms with E-state index in [9.17, 15) is 4.79 Å². The van der Waals surface area contributed by atoms with Gasteiger partial charge in [-0.25, -0.2) is 4.98 Å². The smallest absolute Gasteiger partial charge is 0.303 e. The van der Waals surface area contributed by atoms with Crippen LogP contribution < -0.4 is 9.64 Å². The van der Waals surface area contributed by atoms with Crippen molar-refractivity contribution in [2.75, 3.05) is 24.6 Å². The van der Waals surface area contributed by atoms with Gasteiger partial charge in [0.15, 0.2) is 0 Å². The topological polar surface area (TPSA) is 62.7 Å². The molecule has 3 aromatic carbocycles. The number of aromatic nitrogens is 1. The van der Waals surface area contributed by atoms with Crippen molar-refractivity contribution in [3.63, 3.8) is 0 Å². The first-order chi connectivity index (χ1) is 17.6. The van der Waals surface area contributed by atoms with E-state index in [-0.39, 0.29) is 6.42 Å². The van der Waals surface area contributed by atoms with Crippen LogP contribution >= 0.6 is 0 Å². The lowest BCUT2D eigenvalue weighted by molar-refractivity contribution is -0.137. The summed E-state index contributed by atoms with van der Waals surface area (Å²) in [4.78, 5) is 17.9. The molecule has 0 spiro atoms. The van der Waals surface area contributed by atoms with Crippen LogP contribution in [0.15, 0.2) is 66.7 Å². The van der Waals surface area contributed by atoms with Crippen molar-refractivity contribution >= 4 is 45.6 Å². The number of fused-ring (bicyclic) bond motifs is 2. The highest BCUT2D eigenvalue weighted by Crippen LogP contribution is 2.31. The van der Waals surface area contributed by atoms with Gasteiger partial charge in [0.05, 0.1) is 17.6 Å². The predicted octanol–water partition coefficient (Wildman–Crippen LogP) is 7.43. The molecule has 186 valence electrons. The van der Waals surface area contributed by atoms with Crippen LogP contribution in [0.4, 0.5) is 5.69 Å².